The molecule has 0 aliphatic rings. The summed E-state index contributed by atoms with van der Waals surface area (Å²) in [7, 11) is 0. The van der Waals surface area contributed by atoms with Crippen molar-refractivity contribution >= 4 is 46.1 Å². The molecule has 0 spiro atoms. The number of aromatic nitrogens is 3. The summed E-state index contributed by atoms with van der Waals surface area (Å²) in [5.74, 6) is -0.422. The van der Waals surface area contributed by atoms with Gasteiger partial charge in [-0.05, 0) is 44.2 Å². The lowest BCUT2D eigenvalue weighted by Gasteiger charge is -2.22. The molecule has 0 atom stereocenters. The zero-order valence-electron chi connectivity index (χ0n) is 16.9. The number of amides is 2. The van der Waals surface area contributed by atoms with Crippen molar-refractivity contribution in [3.63, 3.8) is 0 Å². The van der Waals surface area contributed by atoms with E-state index >= 15 is 0 Å². The van der Waals surface area contributed by atoms with E-state index in [0.717, 1.165) is 6.07 Å². The van der Waals surface area contributed by atoms with Gasteiger partial charge in [-0.15, -0.1) is 0 Å². The van der Waals surface area contributed by atoms with Crippen LogP contribution in [0, 0.1) is 6.01 Å². The molecule has 3 heterocycles. The van der Waals surface area contributed by atoms with Crippen LogP contribution in [0.15, 0.2) is 47.0 Å². The molecule has 0 bridgehead atoms. The van der Waals surface area contributed by atoms with Crippen LogP contribution in [0.2, 0.25) is 5.02 Å². The number of carbonyl (C=O) groups is 2. The van der Waals surface area contributed by atoms with E-state index in [4.69, 9.17) is 11.6 Å². The van der Waals surface area contributed by atoms with Crippen LogP contribution in [0.5, 0.6) is 0 Å². The highest BCUT2D eigenvalue weighted by molar-refractivity contribution is 6.33. The quantitative estimate of drug-likeness (QED) is 0.380. The maximum absolute atomic E-state index is 13.0. The van der Waals surface area contributed by atoms with E-state index in [1.54, 1.807) is 38.1 Å². The summed E-state index contributed by atoms with van der Waals surface area (Å²) in [5, 5.41) is 12.4. The lowest BCUT2D eigenvalue weighted by Crippen LogP contribution is -2.35. The molecule has 0 radical (unpaired) electrons. The smallest absolute Gasteiger partial charge is 0.412 e. The summed E-state index contributed by atoms with van der Waals surface area (Å²) >= 11 is 6.33. The minimum Gasteiger partial charge on any atom is -0.465 e. The Morgan fingerprint density at radius 3 is 2.69 bits per heavy atom. The Morgan fingerprint density at radius 2 is 2.03 bits per heavy atom. The Kier molecular flexibility index (Phi) is 5.54. The second kappa shape index (κ2) is 8.31. The van der Waals surface area contributed by atoms with Gasteiger partial charge in [0.2, 0.25) is 0 Å². The molecule has 11 heteroatoms. The van der Waals surface area contributed by atoms with Crippen LogP contribution in [0.1, 0.15) is 24.4 Å². The monoisotopic (exact) mass is 457 g/mol. The summed E-state index contributed by atoms with van der Waals surface area (Å²) < 4.78 is 17.7. The number of H-pyrrole nitrogens is 1. The topological polar surface area (TPSA) is 124 Å². The third-order valence-electron chi connectivity index (χ3n) is 4.60. The highest BCUT2D eigenvalue weighted by atomic mass is 35.5. The van der Waals surface area contributed by atoms with Gasteiger partial charge in [-0.25, -0.2) is 14.8 Å². The van der Waals surface area contributed by atoms with Gasteiger partial charge in [0.05, 0.1) is 22.4 Å². The number of hydrogen-bond donors (Lipinski definition) is 3. The van der Waals surface area contributed by atoms with Crippen molar-refractivity contribution in [2.75, 3.05) is 10.2 Å². The SMILES string of the molecule is CC(C)N(C(=O)O)c1cnc2nc(-c3cc(NC(=O)c4ccc(F)o4)ccc3Cl)[nH]c2c1. The van der Waals surface area contributed by atoms with Crippen LogP contribution < -0.4 is 10.2 Å². The Hall–Kier alpha value is -3.92. The predicted molar refractivity (Wildman–Crippen MR) is 117 cm³/mol. The highest BCUT2D eigenvalue weighted by Gasteiger charge is 2.20. The van der Waals surface area contributed by atoms with E-state index in [0.29, 0.717) is 38.9 Å². The molecule has 0 unspecified atom stereocenters. The molecule has 0 aliphatic heterocycles. The van der Waals surface area contributed by atoms with Crippen molar-refractivity contribution in [3.05, 3.63) is 59.4 Å². The molecule has 32 heavy (non-hydrogen) atoms. The first-order valence-corrected chi connectivity index (χ1v) is 9.85. The molecule has 0 aliphatic carbocycles. The zero-order chi connectivity index (χ0) is 23.0. The van der Waals surface area contributed by atoms with Gasteiger partial charge in [-0.3, -0.25) is 9.69 Å². The molecule has 4 aromatic rings. The number of hydrogen-bond acceptors (Lipinski definition) is 5. The van der Waals surface area contributed by atoms with Crippen molar-refractivity contribution < 1.29 is 23.5 Å². The van der Waals surface area contributed by atoms with Gasteiger partial charge < -0.3 is 19.8 Å². The Morgan fingerprint density at radius 1 is 1.25 bits per heavy atom. The van der Waals surface area contributed by atoms with Crippen molar-refractivity contribution in [2.45, 2.75) is 19.9 Å². The second-order valence-corrected chi connectivity index (χ2v) is 7.56. The van der Waals surface area contributed by atoms with Crippen LogP contribution in [0.4, 0.5) is 20.6 Å². The van der Waals surface area contributed by atoms with Gasteiger partial charge in [-0.1, -0.05) is 11.6 Å². The summed E-state index contributed by atoms with van der Waals surface area (Å²) in [6.45, 7) is 3.51. The van der Waals surface area contributed by atoms with E-state index in [1.165, 1.54) is 17.2 Å². The van der Waals surface area contributed by atoms with Crippen LogP contribution >= 0.6 is 11.6 Å². The highest BCUT2D eigenvalue weighted by Crippen LogP contribution is 2.31. The van der Waals surface area contributed by atoms with Crippen LogP contribution in [-0.2, 0) is 0 Å². The normalized spacial score (nSPS) is 11.2. The summed E-state index contributed by atoms with van der Waals surface area (Å²) in [5.41, 5.74) is 2.15. The summed E-state index contributed by atoms with van der Waals surface area (Å²) in [6.07, 6.45) is 0.339. The van der Waals surface area contributed by atoms with Crippen LogP contribution in [-0.4, -0.2) is 38.1 Å². The number of nitrogens with one attached hydrogen (secondary N) is 2. The molecule has 4 rings (SSSR count). The number of anilines is 2. The fourth-order valence-corrected chi connectivity index (χ4v) is 3.40. The van der Waals surface area contributed by atoms with E-state index in [2.05, 4.69) is 24.7 Å². The molecule has 9 nitrogen and oxygen atoms in total. The van der Waals surface area contributed by atoms with Gasteiger partial charge in [0.1, 0.15) is 5.82 Å². The molecular formula is C21H17ClFN5O4. The molecule has 2 amide bonds. The summed E-state index contributed by atoms with van der Waals surface area (Å²) in [4.78, 5) is 36.7. The first-order chi connectivity index (χ1) is 15.2. The molecular weight excluding hydrogens is 441 g/mol. The molecule has 1 aromatic carbocycles. The maximum atomic E-state index is 13.0. The van der Waals surface area contributed by atoms with Crippen LogP contribution in [0.25, 0.3) is 22.6 Å². The van der Waals surface area contributed by atoms with Crippen molar-refractivity contribution in [3.8, 4) is 11.4 Å². The lowest BCUT2D eigenvalue weighted by atomic mass is 10.2. The number of halogens is 2. The number of nitrogens with zero attached hydrogens (tertiary/aromatic N) is 3. The zero-order valence-corrected chi connectivity index (χ0v) is 17.6. The van der Waals surface area contributed by atoms with Gasteiger partial charge in [0.25, 0.3) is 11.9 Å². The average Bonchev–Trinajstić information content (AvgIpc) is 3.34. The first-order valence-electron chi connectivity index (χ1n) is 9.47. The van der Waals surface area contributed by atoms with Gasteiger partial charge in [-0.2, -0.15) is 4.39 Å². The van der Waals surface area contributed by atoms with Gasteiger partial charge in [0.15, 0.2) is 11.4 Å². The Labute approximate surface area is 185 Å². The van der Waals surface area contributed by atoms with E-state index in [9.17, 15) is 19.1 Å². The number of rotatable bonds is 5. The van der Waals surface area contributed by atoms with Gasteiger partial charge in [0, 0.05) is 23.4 Å². The third-order valence-corrected chi connectivity index (χ3v) is 4.93. The van der Waals surface area contributed by atoms with Crippen molar-refractivity contribution in [1.82, 2.24) is 15.0 Å². The van der Waals surface area contributed by atoms with E-state index in [-0.39, 0.29) is 11.8 Å². The van der Waals surface area contributed by atoms with Gasteiger partial charge >= 0.3 is 6.09 Å². The number of fused-ring (bicyclic) bond motifs is 1. The Balaban J connectivity index is 1.67. The first kappa shape index (κ1) is 21.3. The fourth-order valence-electron chi connectivity index (χ4n) is 3.19. The standard InChI is InChI=1S/C21H17ClFN5O4/c1-10(2)28(21(30)31)12-8-15-19(24-9-12)27-18(26-15)13-7-11(3-4-14(13)22)25-20(29)16-5-6-17(23)32-16/h3-10H,1-2H3,(H,25,29)(H,30,31)(H,24,26,27). The number of benzene rings is 1. The van der Waals surface area contributed by atoms with Crippen molar-refractivity contribution in [1.29, 1.82) is 0 Å². The average molecular weight is 458 g/mol. The Bertz CT molecular complexity index is 1330. The second-order valence-electron chi connectivity index (χ2n) is 7.15. The molecule has 0 saturated heterocycles. The lowest BCUT2D eigenvalue weighted by molar-refractivity contribution is 0.0988. The molecule has 3 N–H and O–H groups in total. The largest absolute Gasteiger partial charge is 0.465 e. The molecule has 0 fully saturated rings. The number of aromatic amines is 1. The number of furan rings is 1. The maximum Gasteiger partial charge on any atom is 0.412 e. The molecule has 0 saturated carbocycles. The number of pyridine rings is 1. The number of carbonyl (C=O) groups excluding carboxylic acids is 1. The number of imidazole rings is 1. The van der Waals surface area contributed by atoms with Crippen molar-refractivity contribution in [2.24, 2.45) is 0 Å². The minimum atomic E-state index is -1.09. The van der Waals surface area contributed by atoms with E-state index < -0.39 is 18.0 Å². The molecule has 164 valence electrons. The number of carboxylic acid groups (broad SMARTS) is 1. The fraction of sp³-hybridized carbons (Fsp3) is 0.143. The third kappa shape index (κ3) is 4.12. The molecule has 3 aromatic heterocycles. The summed E-state index contributed by atoms with van der Waals surface area (Å²) in [6, 6.07) is 7.51. The minimum absolute atomic E-state index is 0.174. The predicted octanol–water partition coefficient (Wildman–Crippen LogP) is 5.16. The van der Waals surface area contributed by atoms with E-state index in [1.807, 2.05) is 0 Å². The van der Waals surface area contributed by atoms with Crippen LogP contribution in [0.3, 0.4) is 0 Å².